The number of nitrogens with two attached hydrogens (primary N) is 1. The highest BCUT2D eigenvalue weighted by atomic mass is 19.1. The monoisotopic (exact) mass is 454 g/mol. The first kappa shape index (κ1) is 22.0. The molecule has 0 spiro atoms. The molecule has 170 valence electrons. The topological polar surface area (TPSA) is 132 Å². The maximum Gasteiger partial charge on any atom is 0.248 e. The number of hydrogen-bond donors (Lipinski definition) is 1. The summed E-state index contributed by atoms with van der Waals surface area (Å²) < 4.78 is 36.8. The van der Waals surface area contributed by atoms with Gasteiger partial charge in [-0.1, -0.05) is 12.1 Å². The van der Waals surface area contributed by atoms with Crippen LogP contribution in [0.1, 0.15) is 15.9 Å². The van der Waals surface area contributed by atoms with Gasteiger partial charge in [0.05, 0.1) is 0 Å². The summed E-state index contributed by atoms with van der Waals surface area (Å²) in [5.41, 5.74) is 5.63. The Labute approximate surface area is 186 Å². The molecule has 0 aliphatic heterocycles. The molecule has 2 heterocycles. The van der Waals surface area contributed by atoms with Crippen molar-refractivity contribution < 1.29 is 27.8 Å². The average molecular weight is 454 g/mol. The van der Waals surface area contributed by atoms with E-state index in [1.165, 1.54) is 54.5 Å². The number of hydrogen-bond acceptors (Lipinski definition) is 8. The fourth-order valence-corrected chi connectivity index (χ4v) is 3.16. The van der Waals surface area contributed by atoms with E-state index in [0.29, 0.717) is 5.56 Å². The summed E-state index contributed by atoms with van der Waals surface area (Å²) in [5.74, 6) is -1.04. The van der Waals surface area contributed by atoms with Gasteiger partial charge in [0, 0.05) is 19.7 Å². The zero-order chi connectivity index (χ0) is 23.5. The molecule has 33 heavy (non-hydrogen) atoms. The minimum Gasteiger partial charge on any atom is -0.488 e. The van der Waals surface area contributed by atoms with Crippen LogP contribution in [0.4, 0.5) is 4.39 Å². The Bertz CT molecular complexity index is 1380. The quantitative estimate of drug-likeness (QED) is 0.402. The van der Waals surface area contributed by atoms with Crippen LogP contribution in [0.25, 0.3) is 22.6 Å². The maximum atomic E-state index is 13.5. The minimum atomic E-state index is -0.744. The number of fused-ring (bicyclic) bond motifs is 1. The summed E-state index contributed by atoms with van der Waals surface area (Å²) >= 11 is 0. The molecular weight excluding hydrogens is 435 g/mol. The van der Waals surface area contributed by atoms with Crippen molar-refractivity contribution in [3.05, 3.63) is 69.9 Å². The van der Waals surface area contributed by atoms with Crippen molar-refractivity contribution in [3.8, 4) is 23.1 Å². The van der Waals surface area contributed by atoms with Crippen molar-refractivity contribution in [2.45, 2.75) is 6.61 Å². The van der Waals surface area contributed by atoms with E-state index in [0.717, 1.165) is 0 Å². The van der Waals surface area contributed by atoms with Gasteiger partial charge in [0.1, 0.15) is 35.5 Å². The van der Waals surface area contributed by atoms with Crippen molar-refractivity contribution in [2.75, 3.05) is 13.9 Å². The number of rotatable bonds is 8. The third-order valence-corrected chi connectivity index (χ3v) is 4.75. The maximum absolute atomic E-state index is 13.5. The number of carbonyl (C=O) groups excluding carboxylic acids is 1. The second-order valence-corrected chi connectivity index (χ2v) is 6.97. The van der Waals surface area contributed by atoms with Crippen LogP contribution in [0.3, 0.4) is 0 Å². The smallest absolute Gasteiger partial charge is 0.248 e. The SMILES string of the molecule is COCOc1c(-c2ncnn2C)oc2cc(C(N)=O)cc(OCc3ccc(F)cc3)c2c1=O. The van der Waals surface area contributed by atoms with Crippen molar-refractivity contribution in [1.29, 1.82) is 0 Å². The molecule has 0 saturated carbocycles. The fourth-order valence-electron chi connectivity index (χ4n) is 3.16. The fraction of sp³-hybridized carbons (Fsp3) is 0.182. The van der Waals surface area contributed by atoms with E-state index < -0.39 is 17.2 Å². The third-order valence-electron chi connectivity index (χ3n) is 4.75. The number of aromatic nitrogens is 3. The second-order valence-electron chi connectivity index (χ2n) is 6.97. The van der Waals surface area contributed by atoms with Gasteiger partial charge in [-0.3, -0.25) is 9.59 Å². The van der Waals surface area contributed by atoms with Crippen LogP contribution in [0, 0.1) is 5.82 Å². The summed E-state index contributed by atoms with van der Waals surface area (Å²) in [4.78, 5) is 29.5. The van der Waals surface area contributed by atoms with Gasteiger partial charge < -0.3 is 24.4 Å². The molecule has 0 bridgehead atoms. The average Bonchev–Trinajstić information content (AvgIpc) is 3.23. The molecule has 4 rings (SSSR count). The Kier molecular flexibility index (Phi) is 6.05. The lowest BCUT2D eigenvalue weighted by molar-refractivity contribution is 0.0497. The lowest BCUT2D eigenvalue weighted by Gasteiger charge is -2.14. The summed E-state index contributed by atoms with van der Waals surface area (Å²) in [5, 5.41) is 4.01. The van der Waals surface area contributed by atoms with Crippen LogP contribution >= 0.6 is 0 Å². The molecule has 0 aliphatic rings. The molecule has 11 heteroatoms. The number of primary amides is 1. The van der Waals surface area contributed by atoms with E-state index in [1.54, 1.807) is 7.05 Å². The molecule has 2 aromatic heterocycles. The van der Waals surface area contributed by atoms with E-state index >= 15 is 0 Å². The Hall–Kier alpha value is -4.25. The van der Waals surface area contributed by atoms with E-state index in [1.807, 2.05) is 0 Å². The normalized spacial score (nSPS) is 11.0. The van der Waals surface area contributed by atoms with Crippen LogP contribution in [0.5, 0.6) is 11.5 Å². The lowest BCUT2D eigenvalue weighted by atomic mass is 10.1. The Morgan fingerprint density at radius 3 is 2.61 bits per heavy atom. The van der Waals surface area contributed by atoms with Gasteiger partial charge in [0.2, 0.25) is 22.8 Å². The first-order valence-electron chi connectivity index (χ1n) is 9.67. The first-order chi connectivity index (χ1) is 15.9. The second kappa shape index (κ2) is 9.09. The molecule has 2 aromatic carbocycles. The molecule has 2 N–H and O–H groups in total. The van der Waals surface area contributed by atoms with Gasteiger partial charge in [-0.2, -0.15) is 5.10 Å². The minimum absolute atomic E-state index is 0.00364. The number of methoxy groups -OCH3 is 1. The Morgan fingerprint density at radius 2 is 1.97 bits per heavy atom. The predicted octanol–water partition coefficient (Wildman–Crippen LogP) is 2.39. The van der Waals surface area contributed by atoms with Gasteiger partial charge >= 0.3 is 0 Å². The molecule has 0 fully saturated rings. The Balaban J connectivity index is 1.91. The van der Waals surface area contributed by atoms with Crippen molar-refractivity contribution >= 4 is 16.9 Å². The van der Waals surface area contributed by atoms with E-state index in [9.17, 15) is 14.0 Å². The Morgan fingerprint density at radius 1 is 1.21 bits per heavy atom. The number of benzene rings is 2. The highest BCUT2D eigenvalue weighted by molar-refractivity contribution is 5.99. The summed E-state index contributed by atoms with van der Waals surface area (Å²) in [6.45, 7) is -0.234. The molecule has 10 nitrogen and oxygen atoms in total. The number of nitrogens with zero attached hydrogens (tertiary/aromatic N) is 3. The van der Waals surface area contributed by atoms with Gasteiger partial charge in [0.25, 0.3) is 0 Å². The zero-order valence-corrected chi connectivity index (χ0v) is 17.7. The van der Waals surface area contributed by atoms with E-state index in [2.05, 4.69) is 10.1 Å². The molecule has 0 atom stereocenters. The van der Waals surface area contributed by atoms with Crippen molar-refractivity contribution in [1.82, 2.24) is 14.8 Å². The predicted molar refractivity (Wildman–Crippen MR) is 114 cm³/mol. The van der Waals surface area contributed by atoms with Crippen LogP contribution in [0.15, 0.2) is 51.9 Å². The third kappa shape index (κ3) is 4.39. The molecule has 0 saturated heterocycles. The van der Waals surface area contributed by atoms with Gasteiger partial charge in [0.15, 0.2) is 12.6 Å². The number of amides is 1. The van der Waals surface area contributed by atoms with Crippen molar-refractivity contribution in [2.24, 2.45) is 12.8 Å². The molecule has 0 aliphatic carbocycles. The van der Waals surface area contributed by atoms with Crippen LogP contribution in [0.2, 0.25) is 0 Å². The summed E-state index contributed by atoms with van der Waals surface area (Å²) in [6.07, 6.45) is 1.29. The summed E-state index contributed by atoms with van der Waals surface area (Å²) in [6, 6.07) is 8.33. The van der Waals surface area contributed by atoms with Crippen LogP contribution in [-0.2, 0) is 18.4 Å². The number of halogens is 1. The molecular formula is C22H19FN4O6. The molecule has 4 aromatic rings. The molecule has 1 amide bonds. The highest BCUT2D eigenvalue weighted by Gasteiger charge is 2.24. The summed E-state index contributed by atoms with van der Waals surface area (Å²) in [7, 11) is 3.02. The number of ether oxygens (including phenoxy) is 3. The largest absolute Gasteiger partial charge is 0.488 e. The van der Waals surface area contributed by atoms with Crippen LogP contribution < -0.4 is 20.6 Å². The molecule has 0 radical (unpaired) electrons. The van der Waals surface area contributed by atoms with Gasteiger partial charge in [-0.25, -0.2) is 14.1 Å². The molecule has 0 unspecified atom stereocenters. The zero-order valence-electron chi connectivity index (χ0n) is 17.7. The number of carbonyl (C=O) groups is 1. The van der Waals surface area contributed by atoms with E-state index in [-0.39, 0.29) is 53.0 Å². The standard InChI is InChI=1S/C22H19FN4O6/c1-27-22(25-10-26-27)20-19(32-11-30-2)18(28)17-15(7-13(21(24)29)8-16(17)33-20)31-9-12-3-5-14(23)6-4-12/h3-8,10H,9,11H2,1-2H3,(H2,24,29). The van der Waals surface area contributed by atoms with E-state index in [4.69, 9.17) is 24.4 Å². The van der Waals surface area contributed by atoms with Crippen LogP contribution in [-0.4, -0.2) is 34.6 Å². The first-order valence-corrected chi connectivity index (χ1v) is 9.67. The number of aryl methyl sites for hydroxylation is 1. The van der Waals surface area contributed by atoms with Crippen molar-refractivity contribution in [3.63, 3.8) is 0 Å². The highest BCUT2D eigenvalue weighted by Crippen LogP contribution is 2.34. The van der Waals surface area contributed by atoms with Gasteiger partial charge in [-0.05, 0) is 29.8 Å². The van der Waals surface area contributed by atoms with Gasteiger partial charge in [-0.15, -0.1) is 0 Å². The lowest BCUT2D eigenvalue weighted by Crippen LogP contribution is -2.16.